The van der Waals surface area contributed by atoms with Gasteiger partial charge in [-0.25, -0.2) is 4.79 Å². The van der Waals surface area contributed by atoms with Crippen molar-refractivity contribution in [2.45, 2.75) is 6.04 Å². The van der Waals surface area contributed by atoms with Gasteiger partial charge in [0.05, 0.1) is 19.0 Å². The first-order valence-corrected chi connectivity index (χ1v) is 5.78. The third-order valence-corrected chi connectivity index (χ3v) is 3.12. The zero-order valence-electron chi connectivity index (χ0n) is 8.51. The van der Waals surface area contributed by atoms with Gasteiger partial charge in [0.2, 0.25) is 11.8 Å². The molecular weight excluding hydrogens is 234 g/mol. The summed E-state index contributed by atoms with van der Waals surface area (Å²) in [6, 6.07) is -0.799. The van der Waals surface area contributed by atoms with Crippen LogP contribution in [0.5, 0.6) is 0 Å². The third kappa shape index (κ3) is 3.11. The van der Waals surface area contributed by atoms with Gasteiger partial charge in [-0.1, -0.05) is 0 Å². The number of carbonyl (C=O) groups excluding carboxylic acids is 2. The van der Waals surface area contributed by atoms with Gasteiger partial charge in [-0.2, -0.15) is 0 Å². The van der Waals surface area contributed by atoms with Crippen LogP contribution in [0.4, 0.5) is 0 Å². The molecule has 0 aliphatic carbocycles. The summed E-state index contributed by atoms with van der Waals surface area (Å²) in [5.41, 5.74) is 5.05. The van der Waals surface area contributed by atoms with Gasteiger partial charge in [0.25, 0.3) is 0 Å². The Morgan fingerprint density at radius 3 is 2.75 bits per heavy atom. The molecule has 1 aliphatic heterocycles. The van der Waals surface area contributed by atoms with Gasteiger partial charge in [-0.05, 0) is 0 Å². The zero-order chi connectivity index (χ0) is 12.1. The number of carboxylic acid groups (broad SMARTS) is 1. The molecule has 0 saturated carbocycles. The normalized spacial score (nSPS) is 19.6. The maximum Gasteiger partial charge on any atom is 0.327 e. The van der Waals surface area contributed by atoms with E-state index < -0.39 is 23.8 Å². The molecule has 1 fully saturated rings. The number of aliphatic carboxylic acids is 1. The van der Waals surface area contributed by atoms with Crippen LogP contribution >= 0.6 is 11.8 Å². The fourth-order valence-corrected chi connectivity index (χ4v) is 2.41. The number of carboxylic acids is 1. The first-order valence-electron chi connectivity index (χ1n) is 4.63. The number of hydrogen-bond acceptors (Lipinski definition) is 5. The number of amides is 2. The lowest BCUT2D eigenvalue weighted by atomic mass is 10.3. The Labute approximate surface area is 96.3 Å². The highest BCUT2D eigenvalue weighted by Crippen LogP contribution is 2.20. The highest BCUT2D eigenvalue weighted by atomic mass is 32.2. The zero-order valence-corrected chi connectivity index (χ0v) is 9.33. The fraction of sp³-hybridized carbons (Fsp3) is 0.625. The molecule has 0 bridgehead atoms. The molecular formula is C8H13N3O4S. The topological polar surface area (TPSA) is 113 Å². The van der Waals surface area contributed by atoms with E-state index in [4.69, 9.17) is 10.8 Å². The van der Waals surface area contributed by atoms with E-state index in [0.717, 1.165) is 0 Å². The summed E-state index contributed by atoms with van der Waals surface area (Å²) in [6.45, 7) is -0.398. The second kappa shape index (κ2) is 5.71. The number of nitrogens with zero attached hydrogens (tertiary/aromatic N) is 1. The van der Waals surface area contributed by atoms with Crippen LogP contribution in [0.15, 0.2) is 0 Å². The van der Waals surface area contributed by atoms with E-state index >= 15 is 0 Å². The summed E-state index contributed by atoms with van der Waals surface area (Å²) in [5, 5.41) is 11.2. The van der Waals surface area contributed by atoms with E-state index in [1.165, 1.54) is 16.7 Å². The predicted octanol–water partition coefficient (Wildman–Crippen LogP) is -1.95. The average Bonchev–Trinajstić information content (AvgIpc) is 2.74. The number of rotatable bonds is 4. The molecule has 8 heteroatoms. The lowest BCUT2D eigenvalue weighted by Gasteiger charge is -2.20. The van der Waals surface area contributed by atoms with Crippen molar-refractivity contribution in [1.29, 1.82) is 0 Å². The molecule has 0 radical (unpaired) electrons. The molecule has 0 spiro atoms. The van der Waals surface area contributed by atoms with Gasteiger partial charge in [0.1, 0.15) is 6.04 Å². The first-order chi connectivity index (χ1) is 7.56. The number of carbonyl (C=O) groups is 3. The Morgan fingerprint density at radius 2 is 2.19 bits per heavy atom. The van der Waals surface area contributed by atoms with E-state index in [9.17, 15) is 14.4 Å². The second-order valence-corrected chi connectivity index (χ2v) is 4.20. The third-order valence-electron chi connectivity index (χ3n) is 2.11. The number of nitrogens with one attached hydrogen (secondary N) is 1. The SMILES string of the molecule is NCC(=O)NCC(=O)N1CSC[C@H]1C(=O)O. The van der Waals surface area contributed by atoms with Crippen LogP contribution in [0.2, 0.25) is 0 Å². The van der Waals surface area contributed by atoms with Crippen molar-refractivity contribution in [2.75, 3.05) is 24.7 Å². The quantitative estimate of drug-likeness (QED) is 0.532. The van der Waals surface area contributed by atoms with E-state index in [1.807, 2.05) is 0 Å². The summed E-state index contributed by atoms with van der Waals surface area (Å²) in [7, 11) is 0. The molecule has 1 atom stereocenters. The minimum Gasteiger partial charge on any atom is -0.480 e. The van der Waals surface area contributed by atoms with Crippen molar-refractivity contribution in [1.82, 2.24) is 10.2 Å². The average molecular weight is 247 g/mol. The minimum atomic E-state index is -1.02. The number of nitrogens with two attached hydrogens (primary N) is 1. The molecule has 4 N–H and O–H groups in total. The Morgan fingerprint density at radius 1 is 1.50 bits per heavy atom. The maximum absolute atomic E-state index is 11.6. The van der Waals surface area contributed by atoms with Crippen LogP contribution in [-0.4, -0.2) is 58.6 Å². The smallest absolute Gasteiger partial charge is 0.327 e. The van der Waals surface area contributed by atoms with E-state index in [2.05, 4.69) is 5.32 Å². The Kier molecular flexibility index (Phi) is 4.56. The van der Waals surface area contributed by atoms with Crippen LogP contribution in [0, 0.1) is 0 Å². The van der Waals surface area contributed by atoms with E-state index in [0.29, 0.717) is 11.6 Å². The van der Waals surface area contributed by atoms with Crippen molar-refractivity contribution in [3.8, 4) is 0 Å². The van der Waals surface area contributed by atoms with Gasteiger partial charge < -0.3 is 21.1 Å². The Hall–Kier alpha value is -1.28. The highest BCUT2D eigenvalue weighted by molar-refractivity contribution is 7.99. The molecule has 1 rings (SSSR count). The number of hydrogen-bond donors (Lipinski definition) is 3. The van der Waals surface area contributed by atoms with E-state index in [-0.39, 0.29) is 13.1 Å². The summed E-state index contributed by atoms with van der Waals surface area (Å²) in [6.07, 6.45) is 0. The van der Waals surface area contributed by atoms with Gasteiger partial charge >= 0.3 is 5.97 Å². The standard InChI is InChI=1S/C8H13N3O4S/c9-1-6(12)10-2-7(13)11-4-16-3-5(11)8(14)15/h5H,1-4,9H2,(H,10,12)(H,14,15)/t5-/m0/s1. The molecule has 2 amide bonds. The summed E-state index contributed by atoms with van der Waals surface area (Å²) in [4.78, 5) is 34.4. The molecule has 7 nitrogen and oxygen atoms in total. The van der Waals surface area contributed by atoms with Gasteiger partial charge in [0.15, 0.2) is 0 Å². The molecule has 1 aliphatic rings. The predicted molar refractivity (Wildman–Crippen MR) is 57.7 cm³/mol. The van der Waals surface area contributed by atoms with Crippen molar-refractivity contribution in [3.05, 3.63) is 0 Å². The molecule has 1 heterocycles. The van der Waals surface area contributed by atoms with Crippen molar-refractivity contribution >= 4 is 29.5 Å². The molecule has 16 heavy (non-hydrogen) atoms. The lowest BCUT2D eigenvalue weighted by molar-refractivity contribution is -0.147. The largest absolute Gasteiger partial charge is 0.480 e. The van der Waals surface area contributed by atoms with Crippen molar-refractivity contribution in [3.63, 3.8) is 0 Å². The Bertz CT molecular complexity index is 310. The van der Waals surface area contributed by atoms with Crippen LogP contribution in [0.3, 0.4) is 0 Å². The second-order valence-electron chi connectivity index (χ2n) is 3.20. The van der Waals surface area contributed by atoms with Crippen LogP contribution < -0.4 is 11.1 Å². The molecule has 90 valence electrons. The molecule has 0 aromatic heterocycles. The molecule has 0 aromatic carbocycles. The first kappa shape index (κ1) is 12.8. The fourth-order valence-electron chi connectivity index (χ4n) is 1.24. The molecule has 0 aromatic rings. The van der Waals surface area contributed by atoms with Crippen LogP contribution in [-0.2, 0) is 14.4 Å². The molecule has 1 saturated heterocycles. The maximum atomic E-state index is 11.6. The lowest BCUT2D eigenvalue weighted by Crippen LogP contribution is -2.47. The monoisotopic (exact) mass is 247 g/mol. The van der Waals surface area contributed by atoms with Crippen molar-refractivity contribution < 1.29 is 19.5 Å². The summed E-state index contributed by atoms with van der Waals surface area (Å²) >= 11 is 1.37. The summed E-state index contributed by atoms with van der Waals surface area (Å²) in [5.74, 6) is -1.14. The van der Waals surface area contributed by atoms with E-state index in [1.54, 1.807) is 0 Å². The Balaban J connectivity index is 2.47. The van der Waals surface area contributed by atoms with Gasteiger partial charge in [-0.3, -0.25) is 9.59 Å². The van der Waals surface area contributed by atoms with Crippen LogP contribution in [0.1, 0.15) is 0 Å². The highest BCUT2D eigenvalue weighted by Gasteiger charge is 2.34. The van der Waals surface area contributed by atoms with Crippen LogP contribution in [0.25, 0.3) is 0 Å². The van der Waals surface area contributed by atoms with Crippen molar-refractivity contribution in [2.24, 2.45) is 5.73 Å². The molecule has 0 unspecified atom stereocenters. The van der Waals surface area contributed by atoms with Gasteiger partial charge in [0, 0.05) is 5.75 Å². The minimum absolute atomic E-state index is 0.190. The number of thioether (sulfide) groups is 1. The summed E-state index contributed by atoms with van der Waals surface area (Å²) < 4.78 is 0. The van der Waals surface area contributed by atoms with Gasteiger partial charge in [-0.15, -0.1) is 11.8 Å².